The molecule has 8 nitrogen and oxygen atoms in total. The van der Waals surface area contributed by atoms with Gasteiger partial charge in [-0.3, -0.25) is 9.68 Å². The number of rotatable bonds is 10. The monoisotopic (exact) mass is 294 g/mol. The number of nitrogens with one attached hydrogen (secondary N) is 1. The van der Waals surface area contributed by atoms with E-state index in [9.17, 15) is 4.79 Å². The van der Waals surface area contributed by atoms with E-state index >= 15 is 0 Å². The minimum atomic E-state index is -0.523. The SMILES string of the molecule is CC(C)(C)OC(=O)NCCCN(OCCO)OCCO. The molecule has 0 aliphatic carbocycles. The summed E-state index contributed by atoms with van der Waals surface area (Å²) in [5, 5.41) is 21.1. The molecule has 0 fully saturated rings. The van der Waals surface area contributed by atoms with Gasteiger partial charge in [-0.1, -0.05) is 5.23 Å². The molecule has 0 saturated heterocycles. The summed E-state index contributed by atoms with van der Waals surface area (Å²) in [6.07, 6.45) is 0.0902. The van der Waals surface area contributed by atoms with E-state index in [0.29, 0.717) is 19.5 Å². The molecule has 0 saturated carbocycles. The van der Waals surface area contributed by atoms with Gasteiger partial charge in [0.1, 0.15) is 5.60 Å². The number of nitrogens with zero attached hydrogens (tertiary/aromatic N) is 1. The van der Waals surface area contributed by atoms with Crippen molar-refractivity contribution in [3.63, 3.8) is 0 Å². The van der Waals surface area contributed by atoms with E-state index in [1.165, 1.54) is 5.23 Å². The number of carbonyl (C=O) groups is 1. The van der Waals surface area contributed by atoms with Gasteiger partial charge < -0.3 is 20.3 Å². The Hall–Kier alpha value is -0.930. The van der Waals surface area contributed by atoms with Crippen LogP contribution in [0.3, 0.4) is 0 Å². The molecule has 0 atom stereocenters. The molecule has 0 spiro atoms. The largest absolute Gasteiger partial charge is 0.444 e. The Morgan fingerprint density at radius 2 is 1.70 bits per heavy atom. The van der Waals surface area contributed by atoms with Crippen molar-refractivity contribution >= 4 is 6.09 Å². The molecule has 0 unspecified atom stereocenters. The van der Waals surface area contributed by atoms with Crippen LogP contribution >= 0.6 is 0 Å². The molecule has 8 heteroatoms. The maximum atomic E-state index is 11.4. The molecule has 1 amide bonds. The van der Waals surface area contributed by atoms with E-state index in [0.717, 1.165) is 0 Å². The molecule has 3 N–H and O–H groups in total. The average Bonchev–Trinajstić information content (AvgIpc) is 2.34. The zero-order valence-corrected chi connectivity index (χ0v) is 12.4. The summed E-state index contributed by atoms with van der Waals surface area (Å²) in [6, 6.07) is 0. The number of hydrogen-bond acceptors (Lipinski definition) is 7. The van der Waals surface area contributed by atoms with E-state index in [2.05, 4.69) is 5.32 Å². The molecule has 0 aliphatic rings. The van der Waals surface area contributed by atoms with Gasteiger partial charge in [-0.25, -0.2) is 4.79 Å². The Morgan fingerprint density at radius 3 is 2.15 bits per heavy atom. The molecule has 0 aliphatic heterocycles. The Kier molecular flexibility index (Phi) is 10.3. The van der Waals surface area contributed by atoms with Crippen LogP contribution in [0.4, 0.5) is 4.79 Å². The van der Waals surface area contributed by atoms with E-state index in [1.54, 1.807) is 20.8 Å². The minimum Gasteiger partial charge on any atom is -0.444 e. The molecule has 20 heavy (non-hydrogen) atoms. The molecular weight excluding hydrogens is 268 g/mol. The fraction of sp³-hybridized carbons (Fsp3) is 0.917. The summed E-state index contributed by atoms with van der Waals surface area (Å²) in [6.45, 7) is 6.10. The Morgan fingerprint density at radius 1 is 1.15 bits per heavy atom. The highest BCUT2D eigenvalue weighted by molar-refractivity contribution is 5.67. The topological polar surface area (TPSA) is 100 Å². The number of aliphatic hydroxyl groups excluding tert-OH is 2. The number of alkyl carbamates (subject to hydrolysis) is 1. The second kappa shape index (κ2) is 10.8. The molecule has 0 bridgehead atoms. The lowest BCUT2D eigenvalue weighted by atomic mass is 10.2. The predicted octanol–water partition coefficient (Wildman–Crippen LogP) is 0.0510. The lowest BCUT2D eigenvalue weighted by molar-refractivity contribution is -0.371. The highest BCUT2D eigenvalue weighted by Gasteiger charge is 2.15. The summed E-state index contributed by atoms with van der Waals surface area (Å²) in [4.78, 5) is 21.5. The maximum Gasteiger partial charge on any atom is 0.407 e. The van der Waals surface area contributed by atoms with E-state index in [1.807, 2.05) is 0 Å². The van der Waals surface area contributed by atoms with Crippen molar-refractivity contribution in [1.82, 2.24) is 10.5 Å². The van der Waals surface area contributed by atoms with Crippen molar-refractivity contribution in [1.29, 1.82) is 0 Å². The quantitative estimate of drug-likeness (QED) is 0.386. The highest BCUT2D eigenvalue weighted by atomic mass is 16.9. The predicted molar refractivity (Wildman–Crippen MR) is 71.6 cm³/mol. The van der Waals surface area contributed by atoms with Crippen molar-refractivity contribution < 1.29 is 29.4 Å². The second-order valence-corrected chi connectivity index (χ2v) is 4.95. The van der Waals surface area contributed by atoms with E-state index in [4.69, 9.17) is 24.6 Å². The first-order valence-electron chi connectivity index (χ1n) is 6.61. The van der Waals surface area contributed by atoms with Gasteiger partial charge in [-0.2, -0.15) is 0 Å². The lowest BCUT2D eigenvalue weighted by Crippen LogP contribution is -2.35. The summed E-state index contributed by atoms with van der Waals surface area (Å²) >= 11 is 0. The minimum absolute atomic E-state index is 0.102. The van der Waals surface area contributed by atoms with Crippen LogP contribution in [-0.2, 0) is 14.4 Å². The van der Waals surface area contributed by atoms with Crippen LogP contribution in [0.25, 0.3) is 0 Å². The third kappa shape index (κ3) is 12.1. The summed E-state index contributed by atoms with van der Waals surface area (Å²) < 4.78 is 5.08. The van der Waals surface area contributed by atoms with Crippen molar-refractivity contribution in [2.24, 2.45) is 0 Å². The third-order valence-corrected chi connectivity index (χ3v) is 1.84. The highest BCUT2D eigenvalue weighted by Crippen LogP contribution is 2.06. The van der Waals surface area contributed by atoms with Gasteiger partial charge in [-0.15, -0.1) is 0 Å². The molecule has 0 radical (unpaired) electrons. The summed E-state index contributed by atoms with van der Waals surface area (Å²) in [7, 11) is 0. The van der Waals surface area contributed by atoms with E-state index < -0.39 is 11.7 Å². The van der Waals surface area contributed by atoms with Crippen LogP contribution in [0, 0.1) is 0 Å². The van der Waals surface area contributed by atoms with Crippen LogP contribution in [-0.4, -0.2) is 66.7 Å². The third-order valence-electron chi connectivity index (χ3n) is 1.84. The van der Waals surface area contributed by atoms with Gasteiger partial charge in [0.05, 0.1) is 33.0 Å². The van der Waals surface area contributed by atoms with Gasteiger partial charge in [0.25, 0.3) is 0 Å². The maximum absolute atomic E-state index is 11.4. The number of carbonyl (C=O) groups excluding carboxylic acids is 1. The first-order chi connectivity index (χ1) is 9.39. The second-order valence-electron chi connectivity index (χ2n) is 4.95. The van der Waals surface area contributed by atoms with Gasteiger partial charge in [0, 0.05) is 6.54 Å². The zero-order chi connectivity index (χ0) is 15.4. The average molecular weight is 294 g/mol. The van der Waals surface area contributed by atoms with Gasteiger partial charge >= 0.3 is 6.09 Å². The van der Waals surface area contributed by atoms with Crippen LogP contribution in [0.1, 0.15) is 27.2 Å². The first kappa shape index (κ1) is 19.1. The van der Waals surface area contributed by atoms with E-state index in [-0.39, 0.29) is 26.4 Å². The Labute approximate surface area is 119 Å². The van der Waals surface area contributed by atoms with Crippen LogP contribution in [0.15, 0.2) is 0 Å². The fourth-order valence-corrected chi connectivity index (χ4v) is 1.16. The standard InChI is InChI=1S/C12H26N2O6/c1-12(2,3)20-11(17)13-5-4-6-14(18-9-7-15)19-10-8-16/h15-16H,4-10H2,1-3H3,(H,13,17). The first-order valence-corrected chi connectivity index (χ1v) is 6.61. The van der Waals surface area contributed by atoms with Gasteiger partial charge in [-0.05, 0) is 27.2 Å². The normalized spacial score (nSPS) is 11.7. The van der Waals surface area contributed by atoms with Crippen LogP contribution < -0.4 is 5.32 Å². The number of amides is 1. The lowest BCUT2D eigenvalue weighted by Gasteiger charge is -2.21. The Balaban J connectivity index is 3.78. The summed E-state index contributed by atoms with van der Waals surface area (Å²) in [5.41, 5.74) is -0.523. The van der Waals surface area contributed by atoms with Gasteiger partial charge in [0.2, 0.25) is 0 Å². The van der Waals surface area contributed by atoms with Crippen LogP contribution in [0.2, 0.25) is 0 Å². The van der Waals surface area contributed by atoms with Crippen molar-refractivity contribution in [3.8, 4) is 0 Å². The molecular formula is C12H26N2O6. The molecule has 0 aromatic rings. The molecule has 0 aromatic heterocycles. The number of aliphatic hydroxyl groups is 2. The fourth-order valence-electron chi connectivity index (χ4n) is 1.16. The molecule has 120 valence electrons. The molecule has 0 rings (SSSR count). The summed E-state index contributed by atoms with van der Waals surface area (Å²) in [5.74, 6) is 0. The van der Waals surface area contributed by atoms with Crippen LogP contribution in [0.5, 0.6) is 0 Å². The molecule has 0 heterocycles. The van der Waals surface area contributed by atoms with Gasteiger partial charge in [0.15, 0.2) is 0 Å². The van der Waals surface area contributed by atoms with Crippen molar-refractivity contribution in [2.75, 3.05) is 39.5 Å². The smallest absolute Gasteiger partial charge is 0.407 e. The zero-order valence-electron chi connectivity index (χ0n) is 12.4. The number of hydrogen-bond donors (Lipinski definition) is 3. The van der Waals surface area contributed by atoms with Crippen molar-refractivity contribution in [3.05, 3.63) is 0 Å². The number of hydroxylamine groups is 2. The Bertz CT molecular complexity index is 249. The number of ether oxygens (including phenoxy) is 1. The van der Waals surface area contributed by atoms with Crippen molar-refractivity contribution in [2.45, 2.75) is 32.8 Å². The molecule has 0 aromatic carbocycles.